The van der Waals surface area contributed by atoms with Crippen LogP contribution in [0, 0.1) is 20.8 Å². The van der Waals surface area contributed by atoms with Gasteiger partial charge in [0.1, 0.15) is 12.6 Å². The highest BCUT2D eigenvalue weighted by Crippen LogP contribution is 2.29. The predicted molar refractivity (Wildman–Crippen MR) is 163 cm³/mol. The maximum absolute atomic E-state index is 14.1. The molecule has 9 heteroatoms. The number of sulfonamides is 1. The van der Waals surface area contributed by atoms with Crippen LogP contribution < -0.4 is 9.62 Å². The molecular weight excluding hydrogens is 558 g/mol. The number of nitrogens with zero attached hydrogens (tertiary/aromatic N) is 2. The highest BCUT2D eigenvalue weighted by molar-refractivity contribution is 7.92. The summed E-state index contributed by atoms with van der Waals surface area (Å²) in [6, 6.07) is 18.3. The molecule has 0 spiro atoms. The number of aryl methyl sites for hydroxylation is 2. The van der Waals surface area contributed by atoms with Crippen molar-refractivity contribution in [3.8, 4) is 0 Å². The molecule has 0 heterocycles. The number of halogens is 1. The van der Waals surface area contributed by atoms with Crippen LogP contribution in [0.5, 0.6) is 0 Å². The van der Waals surface area contributed by atoms with Gasteiger partial charge in [0.15, 0.2) is 0 Å². The molecule has 3 aromatic rings. The van der Waals surface area contributed by atoms with E-state index < -0.39 is 28.5 Å². The zero-order valence-electron chi connectivity index (χ0n) is 24.1. The van der Waals surface area contributed by atoms with E-state index in [0.717, 1.165) is 52.2 Å². The Morgan fingerprint density at radius 2 is 1.63 bits per heavy atom. The molecule has 0 radical (unpaired) electrons. The van der Waals surface area contributed by atoms with Crippen LogP contribution in [0.1, 0.15) is 54.9 Å². The molecule has 1 atom stereocenters. The molecule has 4 rings (SSSR count). The average Bonchev–Trinajstić information content (AvgIpc) is 3.45. The van der Waals surface area contributed by atoms with E-state index in [0.29, 0.717) is 10.7 Å². The maximum Gasteiger partial charge on any atom is 0.264 e. The summed E-state index contributed by atoms with van der Waals surface area (Å²) in [6.45, 7) is 6.94. The number of carbonyl (C=O) groups excluding carboxylic acids is 2. The summed E-state index contributed by atoms with van der Waals surface area (Å²) in [7, 11) is -4.12. The van der Waals surface area contributed by atoms with Gasteiger partial charge in [0, 0.05) is 17.6 Å². The van der Waals surface area contributed by atoms with Gasteiger partial charge in [-0.25, -0.2) is 8.42 Å². The van der Waals surface area contributed by atoms with E-state index in [9.17, 15) is 18.0 Å². The lowest BCUT2D eigenvalue weighted by Crippen LogP contribution is -2.52. The molecule has 1 aliphatic rings. The summed E-state index contributed by atoms with van der Waals surface area (Å²) >= 11 is 6.23. The molecule has 0 bridgehead atoms. The minimum Gasteiger partial charge on any atom is -0.352 e. The first-order chi connectivity index (χ1) is 19.5. The first-order valence-corrected chi connectivity index (χ1v) is 15.8. The summed E-state index contributed by atoms with van der Waals surface area (Å²) < 4.78 is 29.3. The minimum atomic E-state index is -4.12. The van der Waals surface area contributed by atoms with Crippen LogP contribution in [0.2, 0.25) is 5.02 Å². The molecule has 0 aromatic heterocycles. The summed E-state index contributed by atoms with van der Waals surface area (Å²) in [6.07, 6.45) is 3.95. The van der Waals surface area contributed by atoms with Gasteiger partial charge in [-0.2, -0.15) is 0 Å². The normalized spacial score (nSPS) is 14.5. The van der Waals surface area contributed by atoms with Crippen molar-refractivity contribution in [2.24, 2.45) is 0 Å². The second-order valence-corrected chi connectivity index (χ2v) is 13.2. The Bertz CT molecular complexity index is 1500. The summed E-state index contributed by atoms with van der Waals surface area (Å²) in [5.41, 5.74) is 3.74. The van der Waals surface area contributed by atoms with E-state index in [1.165, 1.54) is 4.90 Å². The average molecular weight is 596 g/mol. The molecule has 1 unspecified atom stereocenters. The van der Waals surface area contributed by atoms with Gasteiger partial charge in [-0.1, -0.05) is 66.4 Å². The Morgan fingerprint density at radius 1 is 0.976 bits per heavy atom. The molecule has 0 aliphatic heterocycles. The number of hydrogen-bond acceptors (Lipinski definition) is 4. The topological polar surface area (TPSA) is 86.8 Å². The van der Waals surface area contributed by atoms with Crippen molar-refractivity contribution in [1.82, 2.24) is 10.2 Å². The quantitative estimate of drug-likeness (QED) is 0.314. The van der Waals surface area contributed by atoms with Crippen molar-refractivity contribution in [2.45, 2.75) is 76.9 Å². The Hall–Kier alpha value is -3.36. The highest BCUT2D eigenvalue weighted by Gasteiger charge is 2.34. The standard InChI is InChI=1S/C32H38ClN3O4S/c1-22-15-17-29(18-16-22)41(39,40)36(30-14-7-9-23(2)24(30)3)21-31(37)35(20-26-10-8-11-27(33)19-26)25(4)32(38)34-28-12-5-6-13-28/h7-11,14-19,25,28H,5-6,12-13,20-21H2,1-4H3,(H,34,38). The number of nitrogens with one attached hydrogen (secondary N) is 1. The lowest BCUT2D eigenvalue weighted by molar-refractivity contribution is -0.139. The largest absolute Gasteiger partial charge is 0.352 e. The molecular formula is C32H38ClN3O4S. The predicted octanol–water partition coefficient (Wildman–Crippen LogP) is 5.94. The van der Waals surface area contributed by atoms with Gasteiger partial charge in [0.2, 0.25) is 11.8 Å². The molecule has 7 nitrogen and oxygen atoms in total. The molecule has 1 N–H and O–H groups in total. The van der Waals surface area contributed by atoms with E-state index in [1.807, 2.05) is 32.9 Å². The smallest absolute Gasteiger partial charge is 0.264 e. The molecule has 0 saturated heterocycles. The van der Waals surface area contributed by atoms with Gasteiger partial charge < -0.3 is 10.2 Å². The fourth-order valence-corrected chi connectivity index (χ4v) is 6.85. The van der Waals surface area contributed by atoms with Crippen LogP contribution in [0.25, 0.3) is 0 Å². The van der Waals surface area contributed by atoms with E-state index in [2.05, 4.69) is 5.32 Å². The van der Waals surface area contributed by atoms with Crippen molar-refractivity contribution in [3.63, 3.8) is 0 Å². The van der Waals surface area contributed by atoms with E-state index in [4.69, 9.17) is 11.6 Å². The number of carbonyl (C=O) groups is 2. The number of hydrogen-bond donors (Lipinski definition) is 1. The SMILES string of the molecule is Cc1ccc(S(=O)(=O)N(CC(=O)N(Cc2cccc(Cl)c2)C(C)C(=O)NC2CCCC2)c2cccc(C)c2C)cc1. The number of anilines is 1. The third kappa shape index (κ3) is 7.29. The summed E-state index contributed by atoms with van der Waals surface area (Å²) in [5.74, 6) is -0.748. The minimum absolute atomic E-state index is 0.0847. The first-order valence-electron chi connectivity index (χ1n) is 14.0. The van der Waals surface area contributed by atoms with Gasteiger partial charge >= 0.3 is 0 Å². The number of amides is 2. The Balaban J connectivity index is 1.72. The van der Waals surface area contributed by atoms with E-state index in [-0.39, 0.29) is 23.4 Å². The third-order valence-corrected chi connectivity index (χ3v) is 9.85. The molecule has 41 heavy (non-hydrogen) atoms. The lowest BCUT2D eigenvalue weighted by atomic mass is 10.1. The zero-order valence-corrected chi connectivity index (χ0v) is 25.6. The monoisotopic (exact) mass is 595 g/mol. The van der Waals surface area contributed by atoms with Gasteiger partial charge in [0.05, 0.1) is 10.6 Å². The summed E-state index contributed by atoms with van der Waals surface area (Å²) in [5, 5.41) is 3.59. The van der Waals surface area contributed by atoms with Crippen molar-refractivity contribution in [2.75, 3.05) is 10.8 Å². The van der Waals surface area contributed by atoms with Crippen LogP contribution in [0.3, 0.4) is 0 Å². The Labute approximate surface area is 248 Å². The molecule has 1 fully saturated rings. The first kappa shape index (κ1) is 30.6. The van der Waals surface area contributed by atoms with E-state index >= 15 is 0 Å². The molecule has 2 amide bonds. The second-order valence-electron chi connectivity index (χ2n) is 10.9. The number of rotatable bonds is 10. The molecule has 1 aliphatic carbocycles. The van der Waals surface area contributed by atoms with Crippen molar-refractivity contribution in [1.29, 1.82) is 0 Å². The second kappa shape index (κ2) is 13.1. The van der Waals surface area contributed by atoms with Crippen LogP contribution in [0.4, 0.5) is 5.69 Å². The Morgan fingerprint density at radius 3 is 2.29 bits per heavy atom. The van der Waals surface area contributed by atoms with Gasteiger partial charge in [0.25, 0.3) is 10.0 Å². The Kier molecular flexibility index (Phi) is 9.76. The zero-order chi connectivity index (χ0) is 29.7. The maximum atomic E-state index is 14.1. The van der Waals surface area contributed by atoms with Crippen molar-refractivity contribution < 1.29 is 18.0 Å². The van der Waals surface area contributed by atoms with E-state index in [1.54, 1.807) is 61.5 Å². The van der Waals surface area contributed by atoms with Gasteiger partial charge in [-0.05, 0) is 87.6 Å². The van der Waals surface area contributed by atoms with Crippen LogP contribution in [0.15, 0.2) is 71.6 Å². The summed E-state index contributed by atoms with van der Waals surface area (Å²) in [4.78, 5) is 29.0. The molecule has 3 aromatic carbocycles. The fourth-order valence-electron chi connectivity index (χ4n) is 5.16. The lowest BCUT2D eigenvalue weighted by Gasteiger charge is -2.33. The van der Waals surface area contributed by atoms with Crippen LogP contribution in [-0.4, -0.2) is 43.8 Å². The highest BCUT2D eigenvalue weighted by atomic mass is 35.5. The fraction of sp³-hybridized carbons (Fsp3) is 0.375. The molecule has 218 valence electrons. The molecule has 1 saturated carbocycles. The van der Waals surface area contributed by atoms with Gasteiger partial charge in [-0.3, -0.25) is 13.9 Å². The van der Waals surface area contributed by atoms with Crippen molar-refractivity contribution in [3.05, 3.63) is 94.0 Å². The van der Waals surface area contributed by atoms with Crippen LogP contribution >= 0.6 is 11.6 Å². The van der Waals surface area contributed by atoms with Gasteiger partial charge in [-0.15, -0.1) is 0 Å². The third-order valence-electron chi connectivity index (χ3n) is 7.84. The number of benzene rings is 3. The van der Waals surface area contributed by atoms with Crippen LogP contribution in [-0.2, 0) is 26.2 Å². The van der Waals surface area contributed by atoms with Crippen molar-refractivity contribution >= 4 is 39.1 Å².